The monoisotopic (exact) mass is 315 g/mol. The molecule has 6 nitrogen and oxygen atoms in total. The summed E-state index contributed by atoms with van der Waals surface area (Å²) >= 11 is 0. The minimum Gasteiger partial charge on any atom is -0.463 e. The fourth-order valence-electron chi connectivity index (χ4n) is 2.49. The predicted molar refractivity (Wildman–Crippen MR) is 88.8 cm³/mol. The van der Waals surface area contributed by atoms with Gasteiger partial charge in [0.25, 0.3) is 0 Å². The zero-order chi connectivity index (χ0) is 16.0. The molecule has 0 radical (unpaired) electrons. The molecule has 1 aliphatic heterocycles. The number of nitrogens with zero attached hydrogens (tertiary/aromatic N) is 2. The number of β-amino-alcohol motifs (C(OH)–C–C–N with tert-alkyl or cyclic N) is 1. The second-order valence-electron chi connectivity index (χ2n) is 5.77. The largest absolute Gasteiger partial charge is 0.463 e. The summed E-state index contributed by atoms with van der Waals surface area (Å²) in [5, 5.41) is 17.1. The Morgan fingerprint density at radius 3 is 2.68 bits per heavy atom. The number of oxime groups is 1. The first-order chi connectivity index (χ1) is 10.8. The van der Waals surface area contributed by atoms with Crippen LogP contribution in [-0.2, 0) is 9.57 Å². The SMILES string of the molecule is CCCCCNC(=NOCC(O)CN1CCCCC1)OCC. The molecular weight excluding hydrogens is 282 g/mol. The first kappa shape index (κ1) is 19.0. The Labute approximate surface area is 134 Å². The molecule has 130 valence electrons. The lowest BCUT2D eigenvalue weighted by Gasteiger charge is -2.27. The molecule has 1 fully saturated rings. The molecule has 1 saturated heterocycles. The number of likely N-dealkylation sites (tertiary alicyclic amines) is 1. The summed E-state index contributed by atoms with van der Waals surface area (Å²) in [6, 6.07) is 0.406. The van der Waals surface area contributed by atoms with Crippen molar-refractivity contribution in [3.05, 3.63) is 0 Å². The van der Waals surface area contributed by atoms with Crippen molar-refractivity contribution in [1.82, 2.24) is 10.2 Å². The molecule has 2 N–H and O–H groups in total. The summed E-state index contributed by atoms with van der Waals surface area (Å²) in [7, 11) is 0. The lowest BCUT2D eigenvalue weighted by atomic mass is 10.1. The van der Waals surface area contributed by atoms with E-state index in [2.05, 4.69) is 22.3 Å². The van der Waals surface area contributed by atoms with Gasteiger partial charge in [0.05, 0.1) is 6.61 Å². The minimum atomic E-state index is -0.509. The van der Waals surface area contributed by atoms with Gasteiger partial charge < -0.3 is 24.9 Å². The van der Waals surface area contributed by atoms with Gasteiger partial charge in [-0.2, -0.15) is 0 Å². The zero-order valence-electron chi connectivity index (χ0n) is 14.2. The summed E-state index contributed by atoms with van der Waals surface area (Å²) in [5.74, 6) is 0. The van der Waals surface area contributed by atoms with Crippen molar-refractivity contribution in [2.24, 2.45) is 5.16 Å². The number of unbranched alkanes of at least 4 members (excludes halogenated alkanes) is 2. The number of nitrogens with one attached hydrogen (secondary N) is 1. The minimum absolute atomic E-state index is 0.198. The van der Waals surface area contributed by atoms with Crippen molar-refractivity contribution in [1.29, 1.82) is 0 Å². The third-order valence-electron chi connectivity index (χ3n) is 3.67. The van der Waals surface area contributed by atoms with E-state index in [1.165, 1.54) is 32.1 Å². The predicted octanol–water partition coefficient (Wildman–Crippen LogP) is 1.94. The average molecular weight is 315 g/mol. The van der Waals surface area contributed by atoms with Crippen LogP contribution in [0.25, 0.3) is 0 Å². The van der Waals surface area contributed by atoms with Crippen LogP contribution in [-0.4, -0.2) is 61.5 Å². The fraction of sp³-hybridized carbons (Fsp3) is 0.938. The number of hydrogen-bond donors (Lipinski definition) is 2. The van der Waals surface area contributed by atoms with E-state index in [0.29, 0.717) is 19.2 Å². The maximum Gasteiger partial charge on any atom is 0.323 e. The van der Waals surface area contributed by atoms with Crippen molar-refractivity contribution in [2.75, 3.05) is 39.4 Å². The number of aliphatic hydroxyl groups excluding tert-OH is 1. The molecule has 1 unspecified atom stereocenters. The van der Waals surface area contributed by atoms with Gasteiger partial charge in [-0.3, -0.25) is 0 Å². The molecule has 0 aromatic carbocycles. The summed E-state index contributed by atoms with van der Waals surface area (Å²) in [5.41, 5.74) is 0. The molecule has 1 aliphatic rings. The number of hydrogen-bond acceptors (Lipinski definition) is 5. The van der Waals surface area contributed by atoms with Crippen LogP contribution in [0.4, 0.5) is 0 Å². The standard InChI is InChI=1S/C16H33N3O3/c1-3-5-7-10-17-16(21-4-2)18-22-14-15(20)13-19-11-8-6-9-12-19/h15,20H,3-14H2,1-2H3,(H,17,18). The smallest absolute Gasteiger partial charge is 0.323 e. The molecule has 0 aromatic heterocycles. The van der Waals surface area contributed by atoms with Gasteiger partial charge in [0, 0.05) is 13.1 Å². The van der Waals surface area contributed by atoms with Crippen LogP contribution in [0.2, 0.25) is 0 Å². The van der Waals surface area contributed by atoms with Gasteiger partial charge in [-0.05, 0) is 44.4 Å². The Morgan fingerprint density at radius 2 is 2.00 bits per heavy atom. The molecule has 1 rings (SSSR count). The van der Waals surface area contributed by atoms with Crippen LogP contribution in [0.5, 0.6) is 0 Å². The van der Waals surface area contributed by atoms with Crippen LogP contribution < -0.4 is 5.32 Å². The van der Waals surface area contributed by atoms with Crippen LogP contribution in [0.3, 0.4) is 0 Å². The first-order valence-electron chi connectivity index (χ1n) is 8.73. The van der Waals surface area contributed by atoms with Crippen molar-refractivity contribution >= 4 is 6.02 Å². The zero-order valence-corrected chi connectivity index (χ0v) is 14.2. The topological polar surface area (TPSA) is 66.3 Å². The van der Waals surface area contributed by atoms with Crippen molar-refractivity contribution in [3.63, 3.8) is 0 Å². The van der Waals surface area contributed by atoms with Crippen LogP contribution in [0.1, 0.15) is 52.4 Å². The fourth-order valence-corrected chi connectivity index (χ4v) is 2.49. The van der Waals surface area contributed by atoms with Gasteiger partial charge in [0.2, 0.25) is 0 Å². The Balaban J connectivity index is 2.20. The molecule has 6 heteroatoms. The maximum atomic E-state index is 9.99. The highest BCUT2D eigenvalue weighted by Crippen LogP contribution is 2.08. The molecule has 0 saturated carbocycles. The molecule has 0 aliphatic carbocycles. The van der Waals surface area contributed by atoms with E-state index in [1.54, 1.807) is 0 Å². The number of ether oxygens (including phenoxy) is 1. The molecule has 1 heterocycles. The quantitative estimate of drug-likeness (QED) is 0.279. The lowest BCUT2D eigenvalue weighted by molar-refractivity contribution is 0.0127. The second-order valence-corrected chi connectivity index (χ2v) is 5.77. The van der Waals surface area contributed by atoms with E-state index in [9.17, 15) is 5.11 Å². The first-order valence-corrected chi connectivity index (χ1v) is 8.73. The van der Waals surface area contributed by atoms with Gasteiger partial charge in [-0.25, -0.2) is 0 Å². The van der Waals surface area contributed by atoms with E-state index in [1.807, 2.05) is 6.92 Å². The number of aliphatic hydroxyl groups is 1. The van der Waals surface area contributed by atoms with E-state index in [0.717, 1.165) is 26.1 Å². The van der Waals surface area contributed by atoms with Crippen LogP contribution in [0.15, 0.2) is 5.16 Å². The van der Waals surface area contributed by atoms with Crippen LogP contribution in [0, 0.1) is 0 Å². The van der Waals surface area contributed by atoms with Gasteiger partial charge >= 0.3 is 6.02 Å². The molecule has 0 bridgehead atoms. The lowest BCUT2D eigenvalue weighted by Crippen LogP contribution is -2.38. The number of rotatable bonds is 10. The highest BCUT2D eigenvalue weighted by atomic mass is 16.7. The van der Waals surface area contributed by atoms with E-state index in [-0.39, 0.29) is 6.61 Å². The van der Waals surface area contributed by atoms with Crippen molar-refractivity contribution in [3.8, 4) is 0 Å². The normalized spacial score (nSPS) is 18.0. The number of piperidine rings is 1. The highest BCUT2D eigenvalue weighted by molar-refractivity contribution is 5.72. The Hall–Kier alpha value is -1.01. The van der Waals surface area contributed by atoms with Gasteiger partial charge in [-0.1, -0.05) is 26.2 Å². The Kier molecular flexibility index (Phi) is 10.8. The Morgan fingerprint density at radius 1 is 1.23 bits per heavy atom. The van der Waals surface area contributed by atoms with Crippen molar-refractivity contribution in [2.45, 2.75) is 58.5 Å². The molecule has 1 atom stereocenters. The molecule has 0 spiro atoms. The van der Waals surface area contributed by atoms with Crippen molar-refractivity contribution < 1.29 is 14.7 Å². The summed E-state index contributed by atoms with van der Waals surface area (Å²) in [4.78, 5) is 7.52. The van der Waals surface area contributed by atoms with Gasteiger partial charge in [0.1, 0.15) is 12.7 Å². The van der Waals surface area contributed by atoms with E-state index >= 15 is 0 Å². The van der Waals surface area contributed by atoms with Crippen LogP contribution >= 0.6 is 0 Å². The average Bonchev–Trinajstić information content (AvgIpc) is 2.52. The third-order valence-corrected chi connectivity index (χ3v) is 3.67. The van der Waals surface area contributed by atoms with E-state index in [4.69, 9.17) is 9.57 Å². The summed E-state index contributed by atoms with van der Waals surface area (Å²) < 4.78 is 5.38. The third kappa shape index (κ3) is 9.10. The molecule has 0 amide bonds. The van der Waals surface area contributed by atoms with Gasteiger partial charge in [-0.15, -0.1) is 0 Å². The Bertz CT molecular complexity index is 294. The highest BCUT2D eigenvalue weighted by Gasteiger charge is 2.15. The molecular formula is C16H33N3O3. The summed E-state index contributed by atoms with van der Waals surface area (Å²) in [6.45, 7) is 8.45. The van der Waals surface area contributed by atoms with Gasteiger partial charge in [0.15, 0.2) is 0 Å². The maximum absolute atomic E-state index is 9.99. The van der Waals surface area contributed by atoms with E-state index < -0.39 is 6.10 Å². The second kappa shape index (κ2) is 12.5. The number of amidine groups is 1. The molecule has 0 aromatic rings. The summed E-state index contributed by atoms with van der Waals surface area (Å²) in [6.07, 6.45) is 6.69. The molecule has 22 heavy (non-hydrogen) atoms.